The molecule has 0 atom stereocenters. The Morgan fingerprint density at radius 1 is 1.36 bits per heavy atom. The number of hydrogen-bond donors (Lipinski definition) is 1. The Labute approximate surface area is 85.5 Å². The first-order valence-corrected chi connectivity index (χ1v) is 5.30. The number of rotatable bonds is 0. The first-order valence-electron chi connectivity index (χ1n) is 5.30. The second-order valence-electron chi connectivity index (χ2n) is 4.63. The SMILES string of the molecule is CC1(C)CC(=[N+]2CCOCC2)C=CN1. The van der Waals surface area contributed by atoms with Crippen molar-refractivity contribution in [2.45, 2.75) is 25.8 Å². The third-order valence-electron chi connectivity index (χ3n) is 2.79. The van der Waals surface area contributed by atoms with Crippen LogP contribution in [0.3, 0.4) is 0 Å². The van der Waals surface area contributed by atoms with Gasteiger partial charge >= 0.3 is 0 Å². The van der Waals surface area contributed by atoms with Crippen LogP contribution < -0.4 is 5.32 Å². The Morgan fingerprint density at radius 2 is 2.07 bits per heavy atom. The van der Waals surface area contributed by atoms with E-state index in [2.05, 4.69) is 36.0 Å². The van der Waals surface area contributed by atoms with E-state index in [1.165, 1.54) is 5.71 Å². The lowest BCUT2D eigenvalue weighted by Gasteiger charge is -2.28. The Hall–Kier alpha value is -0.830. The summed E-state index contributed by atoms with van der Waals surface area (Å²) in [6.07, 6.45) is 5.36. The fraction of sp³-hybridized carbons (Fsp3) is 0.727. The second kappa shape index (κ2) is 3.73. The van der Waals surface area contributed by atoms with Crippen LogP contribution in [0.25, 0.3) is 0 Å². The Balaban J connectivity index is 2.16. The van der Waals surface area contributed by atoms with E-state index in [9.17, 15) is 0 Å². The maximum absolute atomic E-state index is 5.35. The van der Waals surface area contributed by atoms with Crippen molar-refractivity contribution in [3.8, 4) is 0 Å². The summed E-state index contributed by atoms with van der Waals surface area (Å²) >= 11 is 0. The monoisotopic (exact) mass is 195 g/mol. The molecule has 2 rings (SSSR count). The average molecular weight is 195 g/mol. The van der Waals surface area contributed by atoms with Gasteiger partial charge in [0.1, 0.15) is 13.2 Å². The fourth-order valence-corrected chi connectivity index (χ4v) is 1.99. The Kier molecular flexibility index (Phi) is 2.59. The minimum absolute atomic E-state index is 0.197. The molecule has 3 nitrogen and oxygen atoms in total. The summed E-state index contributed by atoms with van der Waals surface area (Å²) in [5.74, 6) is 0. The lowest BCUT2D eigenvalue weighted by Crippen LogP contribution is -2.44. The maximum Gasteiger partial charge on any atom is 0.179 e. The summed E-state index contributed by atoms with van der Waals surface area (Å²) in [5.41, 5.74) is 1.64. The van der Waals surface area contributed by atoms with Crippen molar-refractivity contribution in [2.75, 3.05) is 26.3 Å². The lowest BCUT2D eigenvalue weighted by molar-refractivity contribution is -0.549. The van der Waals surface area contributed by atoms with Gasteiger partial charge in [0.25, 0.3) is 0 Å². The molecule has 0 unspecified atom stereocenters. The van der Waals surface area contributed by atoms with Crippen molar-refractivity contribution >= 4 is 5.71 Å². The molecule has 0 bridgehead atoms. The normalized spacial score (nSPS) is 26.1. The van der Waals surface area contributed by atoms with Gasteiger partial charge in [0, 0.05) is 17.8 Å². The summed E-state index contributed by atoms with van der Waals surface area (Å²) in [6.45, 7) is 8.27. The van der Waals surface area contributed by atoms with Gasteiger partial charge in [0.05, 0.1) is 6.42 Å². The largest absolute Gasteiger partial charge is 0.385 e. The maximum atomic E-state index is 5.35. The van der Waals surface area contributed by atoms with Crippen LogP contribution in [0.4, 0.5) is 0 Å². The number of hydrogen-bond acceptors (Lipinski definition) is 2. The van der Waals surface area contributed by atoms with Gasteiger partial charge in [-0.1, -0.05) is 0 Å². The van der Waals surface area contributed by atoms with Crippen LogP contribution in [-0.2, 0) is 4.74 Å². The highest BCUT2D eigenvalue weighted by molar-refractivity contribution is 5.92. The molecule has 78 valence electrons. The molecule has 0 aromatic heterocycles. The molecule has 2 aliphatic rings. The zero-order chi connectivity index (χ0) is 10.0. The van der Waals surface area contributed by atoms with Gasteiger partial charge in [-0.05, 0) is 13.8 Å². The quantitative estimate of drug-likeness (QED) is 0.577. The topological polar surface area (TPSA) is 24.3 Å². The molecule has 3 heteroatoms. The van der Waals surface area contributed by atoms with Gasteiger partial charge < -0.3 is 10.1 Å². The molecule has 2 aliphatic heterocycles. The summed E-state index contributed by atoms with van der Waals surface area (Å²) < 4.78 is 7.78. The van der Waals surface area contributed by atoms with Gasteiger partial charge in [-0.2, -0.15) is 0 Å². The fourth-order valence-electron chi connectivity index (χ4n) is 1.99. The van der Waals surface area contributed by atoms with Crippen LogP contribution in [0, 0.1) is 0 Å². The molecule has 0 aliphatic carbocycles. The standard InChI is InChI=1S/C11H18N2O/c1-11(2)9-10(3-4-12-11)13-5-7-14-8-6-13/h3-4H,5-9H2,1-2H3/p+1. The zero-order valence-corrected chi connectivity index (χ0v) is 9.05. The Morgan fingerprint density at radius 3 is 2.71 bits per heavy atom. The van der Waals surface area contributed by atoms with E-state index < -0.39 is 0 Å². The minimum Gasteiger partial charge on any atom is -0.385 e. The molecule has 0 spiro atoms. The molecule has 1 N–H and O–H groups in total. The minimum atomic E-state index is 0.197. The van der Waals surface area contributed by atoms with Crippen LogP contribution in [0.15, 0.2) is 12.3 Å². The van der Waals surface area contributed by atoms with Gasteiger partial charge in [-0.25, -0.2) is 4.58 Å². The van der Waals surface area contributed by atoms with Crippen LogP contribution in [-0.4, -0.2) is 42.1 Å². The van der Waals surface area contributed by atoms with E-state index >= 15 is 0 Å². The third kappa shape index (κ3) is 2.15. The average Bonchev–Trinajstić information content (AvgIpc) is 2.18. The van der Waals surface area contributed by atoms with Crippen molar-refractivity contribution in [1.29, 1.82) is 0 Å². The highest BCUT2D eigenvalue weighted by Crippen LogP contribution is 2.14. The van der Waals surface area contributed by atoms with Crippen molar-refractivity contribution in [2.24, 2.45) is 0 Å². The van der Waals surface area contributed by atoms with Crippen LogP contribution >= 0.6 is 0 Å². The number of morpholine rings is 1. The van der Waals surface area contributed by atoms with E-state index in [0.717, 1.165) is 32.7 Å². The molecule has 2 heterocycles. The van der Waals surface area contributed by atoms with Crippen molar-refractivity contribution in [1.82, 2.24) is 5.32 Å². The predicted octanol–water partition coefficient (Wildman–Crippen LogP) is 0.756. The van der Waals surface area contributed by atoms with Crippen molar-refractivity contribution in [3.05, 3.63) is 12.3 Å². The van der Waals surface area contributed by atoms with E-state index in [1.807, 2.05) is 0 Å². The second-order valence-corrected chi connectivity index (χ2v) is 4.63. The lowest BCUT2D eigenvalue weighted by atomic mass is 9.94. The van der Waals surface area contributed by atoms with E-state index in [0.29, 0.717) is 0 Å². The zero-order valence-electron chi connectivity index (χ0n) is 9.05. The Bertz CT molecular complexity index is 271. The first kappa shape index (κ1) is 9.71. The van der Waals surface area contributed by atoms with E-state index in [1.54, 1.807) is 0 Å². The van der Waals surface area contributed by atoms with Crippen molar-refractivity contribution in [3.63, 3.8) is 0 Å². The first-order chi connectivity index (χ1) is 6.67. The molecule has 1 fully saturated rings. The molecule has 0 amide bonds. The van der Waals surface area contributed by atoms with Crippen LogP contribution in [0.2, 0.25) is 0 Å². The molecule has 1 saturated heterocycles. The number of ether oxygens (including phenoxy) is 1. The third-order valence-corrected chi connectivity index (χ3v) is 2.79. The molecule has 0 aromatic carbocycles. The van der Waals surface area contributed by atoms with Crippen molar-refractivity contribution < 1.29 is 9.31 Å². The number of nitrogens with one attached hydrogen (secondary N) is 1. The molecule has 0 radical (unpaired) electrons. The summed E-state index contributed by atoms with van der Waals surface area (Å²) in [6, 6.07) is 0. The molecule has 0 aromatic rings. The molecular formula is C11H19N2O+. The summed E-state index contributed by atoms with van der Waals surface area (Å²) in [7, 11) is 0. The predicted molar refractivity (Wildman–Crippen MR) is 56.8 cm³/mol. The van der Waals surface area contributed by atoms with Crippen LogP contribution in [0.5, 0.6) is 0 Å². The smallest absolute Gasteiger partial charge is 0.179 e. The summed E-state index contributed by atoms with van der Waals surface area (Å²) in [5, 5.41) is 3.37. The van der Waals surface area contributed by atoms with Gasteiger partial charge in [-0.3, -0.25) is 0 Å². The highest BCUT2D eigenvalue weighted by Gasteiger charge is 2.27. The molecular weight excluding hydrogens is 176 g/mol. The number of allylic oxidation sites excluding steroid dienone is 1. The van der Waals surface area contributed by atoms with Gasteiger partial charge in [-0.15, -0.1) is 0 Å². The molecule has 14 heavy (non-hydrogen) atoms. The number of nitrogens with zero attached hydrogens (tertiary/aromatic N) is 1. The summed E-state index contributed by atoms with van der Waals surface area (Å²) in [4.78, 5) is 0. The van der Waals surface area contributed by atoms with Gasteiger partial charge in [0.2, 0.25) is 0 Å². The van der Waals surface area contributed by atoms with E-state index in [4.69, 9.17) is 4.74 Å². The van der Waals surface area contributed by atoms with Crippen LogP contribution in [0.1, 0.15) is 20.3 Å². The van der Waals surface area contributed by atoms with E-state index in [-0.39, 0.29) is 5.54 Å². The van der Waals surface area contributed by atoms with Gasteiger partial charge in [0.15, 0.2) is 18.8 Å². The highest BCUT2D eigenvalue weighted by atomic mass is 16.5. The molecule has 0 saturated carbocycles.